The van der Waals surface area contributed by atoms with Gasteiger partial charge in [0.2, 0.25) is 5.91 Å². The van der Waals surface area contributed by atoms with Crippen molar-refractivity contribution in [2.24, 2.45) is 22.7 Å². The molecule has 0 fully saturated rings. The third-order valence-electron chi connectivity index (χ3n) is 11.1. The molecular weight excluding hydrogens is 889 g/mol. The summed E-state index contributed by atoms with van der Waals surface area (Å²) in [6.45, 7) is 15.8. The first kappa shape index (κ1) is 58.5. The first-order chi connectivity index (χ1) is 33.0. The molecule has 3 N–H and O–H groups in total. The lowest BCUT2D eigenvalue weighted by Gasteiger charge is -2.35. The molecule has 1 aromatic heterocycles. The van der Waals surface area contributed by atoms with Crippen molar-refractivity contribution in [3.05, 3.63) is 90.1 Å². The maximum atomic E-state index is 14.3. The van der Waals surface area contributed by atoms with Gasteiger partial charge in [0.25, 0.3) is 0 Å². The maximum Gasteiger partial charge on any atom is 0.407 e. The molecule has 0 spiro atoms. The van der Waals surface area contributed by atoms with Gasteiger partial charge in [-0.1, -0.05) is 102 Å². The third kappa shape index (κ3) is 24.0. The molecule has 2 aromatic carbocycles. The van der Waals surface area contributed by atoms with E-state index in [0.29, 0.717) is 65.9 Å². The van der Waals surface area contributed by atoms with Crippen molar-refractivity contribution in [1.29, 1.82) is 0 Å². The van der Waals surface area contributed by atoms with Crippen LogP contribution in [0.3, 0.4) is 0 Å². The average Bonchev–Trinajstić information content (AvgIpc) is 3.31. The highest BCUT2D eigenvalue weighted by Crippen LogP contribution is 2.30. The second kappa shape index (κ2) is 32.1. The number of hydrazine groups is 1. The summed E-state index contributed by atoms with van der Waals surface area (Å²) < 4.78 is 42.6. The summed E-state index contributed by atoms with van der Waals surface area (Å²) in [5.41, 5.74) is 5.14. The SMILES string of the molecule is COCCOCCOCCOCCOCCOCCOC(=O)N[C@H](C(=O)C[C@@H](Cc1ccccc1)[C@@H](O)CN(Cc1ccc(-c2ccccn2)cc1)NC(=O)[C@@H](CC(=O)OC)C(C)(C)C)C(C)(C)C. The lowest BCUT2D eigenvalue weighted by Crippen LogP contribution is -2.52. The van der Waals surface area contributed by atoms with Crippen LogP contribution in [0.2, 0.25) is 0 Å². The average molecular weight is 967 g/mol. The summed E-state index contributed by atoms with van der Waals surface area (Å²) in [4.78, 5) is 58.4. The number of amides is 2. The summed E-state index contributed by atoms with van der Waals surface area (Å²) in [7, 11) is 2.91. The smallest absolute Gasteiger partial charge is 0.407 e. The standard InChI is InChI=1S/C52H78N4O13/c1-51(2,3)43(36-47(59)63-8)49(60)55-56(37-40-17-19-41(20-18-40)44-16-12-13-21-53-44)38-46(58)42(34-39-14-10-9-11-15-39)35-45(57)48(52(4,5)6)54-50(61)69-33-32-68-31-30-67-29-28-66-27-26-65-25-24-64-23-22-62-7/h9-21,42-43,46,48,58H,22-38H2,1-8H3,(H,54,61)(H,55,60)/t42-,43-,46+,48-/m1/s1. The van der Waals surface area contributed by atoms with Crippen LogP contribution in [0.25, 0.3) is 11.3 Å². The van der Waals surface area contributed by atoms with Gasteiger partial charge in [0.05, 0.1) is 110 Å². The molecule has 0 bridgehead atoms. The van der Waals surface area contributed by atoms with E-state index in [0.717, 1.165) is 22.4 Å². The van der Waals surface area contributed by atoms with Gasteiger partial charge in [0, 0.05) is 38.4 Å². The Labute approximate surface area is 409 Å². The zero-order chi connectivity index (χ0) is 50.5. The van der Waals surface area contributed by atoms with Crippen molar-refractivity contribution in [1.82, 2.24) is 20.7 Å². The minimum Gasteiger partial charge on any atom is -0.469 e. The molecule has 0 aliphatic carbocycles. The Morgan fingerprint density at radius 3 is 1.71 bits per heavy atom. The van der Waals surface area contributed by atoms with E-state index in [2.05, 4.69) is 15.7 Å². The van der Waals surface area contributed by atoms with Gasteiger partial charge in [-0.05, 0) is 46.4 Å². The van der Waals surface area contributed by atoms with Gasteiger partial charge in [-0.3, -0.25) is 24.8 Å². The molecule has 0 aliphatic rings. The number of carbonyl (C=O) groups excluding carboxylic acids is 4. The van der Waals surface area contributed by atoms with E-state index in [9.17, 15) is 24.3 Å². The Hall–Kier alpha value is -4.85. The van der Waals surface area contributed by atoms with Gasteiger partial charge < -0.3 is 48.3 Å². The number of Topliss-reactive ketones (excluding diaryl/α,β-unsaturated/α-hetero) is 1. The van der Waals surface area contributed by atoms with Gasteiger partial charge in [0.15, 0.2) is 5.78 Å². The first-order valence-corrected chi connectivity index (χ1v) is 23.7. The van der Waals surface area contributed by atoms with Crippen LogP contribution in [-0.4, -0.2) is 151 Å². The quantitative estimate of drug-likeness (QED) is 0.0365. The Kier molecular flexibility index (Phi) is 27.2. The number of hydrogen-bond donors (Lipinski definition) is 3. The van der Waals surface area contributed by atoms with Crippen LogP contribution in [0.4, 0.5) is 4.79 Å². The van der Waals surface area contributed by atoms with E-state index >= 15 is 0 Å². The van der Waals surface area contributed by atoms with Gasteiger partial charge in [-0.2, -0.15) is 0 Å². The molecule has 0 unspecified atom stereocenters. The fraction of sp³-hybridized carbons (Fsp3) is 0.596. The first-order valence-electron chi connectivity index (χ1n) is 23.7. The molecule has 69 heavy (non-hydrogen) atoms. The largest absolute Gasteiger partial charge is 0.469 e. The molecule has 3 aromatic rings. The van der Waals surface area contributed by atoms with Crippen LogP contribution in [-0.2, 0) is 65.2 Å². The second-order valence-corrected chi connectivity index (χ2v) is 18.8. The van der Waals surface area contributed by atoms with Crippen LogP contribution >= 0.6 is 0 Å². The van der Waals surface area contributed by atoms with Gasteiger partial charge in [-0.25, -0.2) is 9.80 Å². The number of carbonyl (C=O) groups is 4. The zero-order valence-corrected chi connectivity index (χ0v) is 42.1. The van der Waals surface area contributed by atoms with Crippen molar-refractivity contribution >= 4 is 23.8 Å². The highest BCUT2D eigenvalue weighted by Gasteiger charge is 2.38. The van der Waals surface area contributed by atoms with Crippen LogP contribution < -0.4 is 10.7 Å². The molecule has 0 saturated heterocycles. The van der Waals surface area contributed by atoms with E-state index in [1.54, 1.807) is 18.3 Å². The predicted molar refractivity (Wildman–Crippen MR) is 261 cm³/mol. The van der Waals surface area contributed by atoms with E-state index in [1.165, 1.54) is 7.11 Å². The number of pyridine rings is 1. The fourth-order valence-electron chi connectivity index (χ4n) is 7.23. The Morgan fingerprint density at radius 2 is 1.20 bits per heavy atom. The van der Waals surface area contributed by atoms with Crippen LogP contribution in [0.5, 0.6) is 0 Å². The number of methoxy groups -OCH3 is 2. The Bertz CT molecular complexity index is 1890. The minimum absolute atomic E-state index is 0.0457. The number of aliphatic hydroxyl groups is 1. The van der Waals surface area contributed by atoms with Crippen molar-refractivity contribution in [3.8, 4) is 11.3 Å². The van der Waals surface area contributed by atoms with Crippen molar-refractivity contribution in [2.75, 3.05) is 100 Å². The molecule has 0 aliphatic heterocycles. The molecule has 0 saturated carbocycles. The van der Waals surface area contributed by atoms with Crippen LogP contribution in [0.1, 0.15) is 65.5 Å². The fourth-order valence-corrected chi connectivity index (χ4v) is 7.23. The van der Waals surface area contributed by atoms with E-state index in [-0.39, 0.29) is 51.5 Å². The summed E-state index contributed by atoms with van der Waals surface area (Å²) >= 11 is 0. The molecule has 384 valence electrons. The molecular formula is C52H78N4O13. The number of aliphatic hydroxyl groups excluding tert-OH is 1. The van der Waals surface area contributed by atoms with Gasteiger partial charge in [0.1, 0.15) is 6.61 Å². The van der Waals surface area contributed by atoms with Crippen molar-refractivity contribution < 1.29 is 62.2 Å². The Morgan fingerprint density at radius 1 is 0.652 bits per heavy atom. The summed E-state index contributed by atoms with van der Waals surface area (Å²) in [5, 5.41) is 16.6. The maximum absolute atomic E-state index is 14.3. The zero-order valence-electron chi connectivity index (χ0n) is 42.1. The molecule has 3 rings (SSSR count). The number of nitrogens with zero attached hydrogens (tertiary/aromatic N) is 2. The number of ether oxygens (including phenoxy) is 8. The molecule has 2 amide bonds. The number of aromatic nitrogens is 1. The lowest BCUT2D eigenvalue weighted by molar-refractivity contribution is -0.148. The topological polar surface area (TPSA) is 203 Å². The number of ketones is 1. The third-order valence-corrected chi connectivity index (χ3v) is 11.1. The van der Waals surface area contributed by atoms with E-state index in [1.807, 2.05) is 114 Å². The van der Waals surface area contributed by atoms with Crippen molar-refractivity contribution in [3.63, 3.8) is 0 Å². The van der Waals surface area contributed by atoms with Gasteiger partial charge >= 0.3 is 12.1 Å². The summed E-state index contributed by atoms with van der Waals surface area (Å²) in [6, 6.07) is 22.0. The number of benzene rings is 2. The number of esters is 1. The molecule has 17 heteroatoms. The minimum atomic E-state index is -1.14. The monoisotopic (exact) mass is 967 g/mol. The van der Waals surface area contributed by atoms with Gasteiger partial charge in [-0.15, -0.1) is 0 Å². The van der Waals surface area contributed by atoms with Crippen molar-refractivity contribution in [2.45, 2.75) is 79.5 Å². The number of hydrogen-bond acceptors (Lipinski definition) is 15. The highest BCUT2D eigenvalue weighted by molar-refractivity contribution is 5.88. The van der Waals surface area contributed by atoms with E-state index in [4.69, 9.17) is 37.9 Å². The normalized spacial score (nSPS) is 13.6. The lowest BCUT2D eigenvalue weighted by atomic mass is 9.78. The Balaban J connectivity index is 1.62. The number of nitrogens with one attached hydrogen (secondary N) is 2. The molecule has 17 nitrogen and oxygen atoms in total. The molecule has 1 heterocycles. The highest BCUT2D eigenvalue weighted by atomic mass is 16.6. The van der Waals surface area contributed by atoms with Crippen LogP contribution in [0, 0.1) is 22.7 Å². The number of alkyl carbamates (subject to hydrolysis) is 1. The summed E-state index contributed by atoms with van der Waals surface area (Å²) in [6.07, 6.45) is -0.0904. The predicted octanol–water partition coefficient (Wildman–Crippen LogP) is 5.86. The second-order valence-electron chi connectivity index (χ2n) is 18.8. The van der Waals surface area contributed by atoms with Crippen LogP contribution in [0.15, 0.2) is 79.0 Å². The molecule has 0 radical (unpaired) electrons. The summed E-state index contributed by atoms with van der Waals surface area (Å²) in [5.74, 6) is -2.62. The number of rotatable bonds is 34. The molecule has 4 atom stereocenters. The van der Waals surface area contributed by atoms with E-state index < -0.39 is 52.8 Å².